The van der Waals surface area contributed by atoms with E-state index in [9.17, 15) is 9.59 Å². The summed E-state index contributed by atoms with van der Waals surface area (Å²) in [6.45, 7) is 5.18. The molecular weight excluding hydrogens is 440 g/mol. The summed E-state index contributed by atoms with van der Waals surface area (Å²) >= 11 is 1.52. The van der Waals surface area contributed by atoms with Crippen molar-refractivity contribution in [3.63, 3.8) is 0 Å². The van der Waals surface area contributed by atoms with Gasteiger partial charge in [-0.05, 0) is 43.7 Å². The Morgan fingerprint density at radius 1 is 1.06 bits per heavy atom. The first-order valence-corrected chi connectivity index (χ1v) is 11.9. The number of hydrogen-bond donors (Lipinski definition) is 0. The molecule has 0 unspecified atom stereocenters. The van der Waals surface area contributed by atoms with E-state index < -0.39 is 0 Å². The molecule has 1 aromatic carbocycles. The van der Waals surface area contributed by atoms with E-state index in [4.69, 9.17) is 9.47 Å². The maximum Gasteiger partial charge on any atom is 0.339 e. The van der Waals surface area contributed by atoms with Crippen LogP contribution >= 0.6 is 11.3 Å². The summed E-state index contributed by atoms with van der Waals surface area (Å²) < 4.78 is 10.8. The van der Waals surface area contributed by atoms with Crippen LogP contribution in [0.1, 0.15) is 39.8 Å². The summed E-state index contributed by atoms with van der Waals surface area (Å²) in [6.07, 6.45) is 2.37. The van der Waals surface area contributed by atoms with E-state index in [2.05, 4.69) is 14.9 Å². The summed E-state index contributed by atoms with van der Waals surface area (Å²) in [6, 6.07) is 10.8. The van der Waals surface area contributed by atoms with Gasteiger partial charge in [0, 0.05) is 43.3 Å². The summed E-state index contributed by atoms with van der Waals surface area (Å²) in [7, 11) is 0. The van der Waals surface area contributed by atoms with Crippen molar-refractivity contribution in [2.24, 2.45) is 0 Å². The molecule has 0 aliphatic carbocycles. The minimum atomic E-state index is -0.373. The van der Waals surface area contributed by atoms with Gasteiger partial charge in [0.15, 0.2) is 0 Å². The molecule has 0 bridgehead atoms. The lowest BCUT2D eigenvalue weighted by atomic mass is 10.2. The molecule has 172 valence electrons. The van der Waals surface area contributed by atoms with Gasteiger partial charge in [0.05, 0.1) is 23.4 Å². The van der Waals surface area contributed by atoms with E-state index in [-0.39, 0.29) is 11.9 Å². The lowest BCUT2D eigenvalue weighted by molar-refractivity contribution is 0.0525. The first-order valence-electron chi connectivity index (χ1n) is 10.9. The number of aromatic nitrogens is 2. The molecule has 2 aromatic heterocycles. The van der Waals surface area contributed by atoms with Gasteiger partial charge in [0.2, 0.25) is 0 Å². The van der Waals surface area contributed by atoms with Crippen LogP contribution in [0.2, 0.25) is 0 Å². The molecule has 0 N–H and O–H groups in total. The Morgan fingerprint density at radius 2 is 1.97 bits per heavy atom. The number of pyridine rings is 1. The molecule has 3 heterocycles. The maximum absolute atomic E-state index is 13.1. The highest BCUT2D eigenvalue weighted by molar-refractivity contribution is 7.07. The van der Waals surface area contributed by atoms with Gasteiger partial charge >= 0.3 is 5.97 Å². The molecule has 0 spiro atoms. The average molecular weight is 467 g/mol. The van der Waals surface area contributed by atoms with E-state index in [1.54, 1.807) is 24.6 Å². The lowest BCUT2D eigenvalue weighted by Gasteiger charge is -2.23. The minimum Gasteiger partial charge on any atom is -0.487 e. The number of benzene rings is 1. The predicted octanol–water partition coefficient (Wildman–Crippen LogP) is 3.65. The molecule has 8 nitrogen and oxygen atoms in total. The van der Waals surface area contributed by atoms with Crippen molar-refractivity contribution in [3.8, 4) is 5.75 Å². The van der Waals surface area contributed by atoms with Gasteiger partial charge in [0.1, 0.15) is 18.2 Å². The van der Waals surface area contributed by atoms with Gasteiger partial charge in [-0.1, -0.05) is 6.07 Å². The molecule has 0 saturated carbocycles. The van der Waals surface area contributed by atoms with Crippen LogP contribution in [0.4, 0.5) is 5.82 Å². The molecule has 4 rings (SSSR count). The van der Waals surface area contributed by atoms with E-state index >= 15 is 0 Å². The van der Waals surface area contributed by atoms with Gasteiger partial charge in [-0.15, -0.1) is 11.3 Å². The highest BCUT2D eigenvalue weighted by Crippen LogP contribution is 2.19. The monoisotopic (exact) mass is 466 g/mol. The zero-order valence-electron chi connectivity index (χ0n) is 18.5. The number of rotatable bonds is 7. The van der Waals surface area contributed by atoms with Crippen LogP contribution in [0.3, 0.4) is 0 Å². The number of ether oxygens (including phenoxy) is 2. The Kier molecular flexibility index (Phi) is 7.51. The standard InChI is InChI=1S/C24H26N4O4S/c1-2-31-24(30)19-7-8-22(25-14-19)27-9-4-10-28(12-11-27)23(29)18-5-3-6-21(13-18)32-15-20-16-33-17-26-20/h3,5-8,13-14,16-17H,2,4,9-12,15H2,1H3. The molecule has 0 radical (unpaired) electrons. The molecule has 1 saturated heterocycles. The fourth-order valence-corrected chi connectivity index (χ4v) is 4.17. The molecule has 1 aliphatic rings. The highest BCUT2D eigenvalue weighted by atomic mass is 32.1. The molecule has 3 aromatic rings. The predicted molar refractivity (Wildman–Crippen MR) is 126 cm³/mol. The van der Waals surface area contributed by atoms with Crippen LogP contribution < -0.4 is 9.64 Å². The smallest absolute Gasteiger partial charge is 0.339 e. The van der Waals surface area contributed by atoms with Crippen LogP contribution in [0.15, 0.2) is 53.5 Å². The number of hydrogen-bond acceptors (Lipinski definition) is 8. The second-order valence-electron chi connectivity index (χ2n) is 7.55. The highest BCUT2D eigenvalue weighted by Gasteiger charge is 2.21. The third-order valence-corrected chi connectivity index (χ3v) is 5.95. The fraction of sp³-hybridized carbons (Fsp3) is 0.333. The first-order chi connectivity index (χ1) is 16.1. The number of amides is 1. The van der Waals surface area contributed by atoms with Crippen molar-refractivity contribution < 1.29 is 19.1 Å². The Bertz CT molecular complexity index is 1070. The molecule has 1 fully saturated rings. The van der Waals surface area contributed by atoms with E-state index in [1.807, 2.05) is 34.5 Å². The number of carbonyl (C=O) groups excluding carboxylic acids is 2. The third-order valence-electron chi connectivity index (χ3n) is 5.32. The molecule has 1 aliphatic heterocycles. The first kappa shape index (κ1) is 22.7. The Morgan fingerprint density at radius 3 is 2.73 bits per heavy atom. The maximum atomic E-state index is 13.1. The number of carbonyl (C=O) groups is 2. The zero-order valence-corrected chi connectivity index (χ0v) is 19.3. The molecular formula is C24H26N4O4S. The molecule has 0 atom stereocenters. The second kappa shape index (κ2) is 10.9. The Balaban J connectivity index is 1.36. The Hall–Kier alpha value is -3.46. The van der Waals surface area contributed by atoms with Crippen LogP contribution in [-0.2, 0) is 11.3 Å². The number of nitrogens with zero attached hydrogens (tertiary/aromatic N) is 4. The topological polar surface area (TPSA) is 84.9 Å². The van der Waals surface area contributed by atoms with Crippen molar-refractivity contribution in [3.05, 3.63) is 70.3 Å². The van der Waals surface area contributed by atoms with Gasteiger partial charge in [-0.25, -0.2) is 14.8 Å². The third kappa shape index (κ3) is 5.87. The largest absolute Gasteiger partial charge is 0.487 e. The summed E-state index contributed by atoms with van der Waals surface area (Å²) in [5.74, 6) is 1.05. The van der Waals surface area contributed by atoms with E-state index in [1.165, 1.54) is 17.5 Å². The summed E-state index contributed by atoms with van der Waals surface area (Å²) in [5.41, 5.74) is 3.68. The minimum absolute atomic E-state index is 0.0124. The number of thiazole rings is 1. The van der Waals surface area contributed by atoms with Crippen molar-refractivity contribution in [1.82, 2.24) is 14.9 Å². The van der Waals surface area contributed by atoms with Crippen LogP contribution in [0.5, 0.6) is 5.75 Å². The van der Waals surface area contributed by atoms with Crippen LogP contribution in [-0.4, -0.2) is 59.5 Å². The van der Waals surface area contributed by atoms with Gasteiger partial charge in [-0.3, -0.25) is 4.79 Å². The van der Waals surface area contributed by atoms with Crippen molar-refractivity contribution >= 4 is 29.0 Å². The van der Waals surface area contributed by atoms with Gasteiger partial charge in [-0.2, -0.15) is 0 Å². The quantitative estimate of drug-likeness (QED) is 0.492. The molecule has 9 heteroatoms. The normalized spacial score (nSPS) is 14.0. The molecule has 1 amide bonds. The molecule has 33 heavy (non-hydrogen) atoms. The van der Waals surface area contributed by atoms with Gasteiger partial charge in [0.25, 0.3) is 5.91 Å². The van der Waals surface area contributed by atoms with Crippen LogP contribution in [0, 0.1) is 0 Å². The second-order valence-corrected chi connectivity index (χ2v) is 8.27. The summed E-state index contributed by atoms with van der Waals surface area (Å²) in [5, 5.41) is 1.94. The average Bonchev–Trinajstić information content (AvgIpc) is 3.25. The Labute approximate surface area is 196 Å². The van der Waals surface area contributed by atoms with E-state index in [0.717, 1.165) is 24.5 Å². The lowest BCUT2D eigenvalue weighted by Crippen LogP contribution is -2.35. The van der Waals surface area contributed by atoms with E-state index in [0.29, 0.717) is 49.7 Å². The van der Waals surface area contributed by atoms with Gasteiger partial charge < -0.3 is 19.3 Å². The summed E-state index contributed by atoms with van der Waals surface area (Å²) in [4.78, 5) is 37.6. The van der Waals surface area contributed by atoms with Crippen molar-refractivity contribution in [2.75, 3.05) is 37.7 Å². The number of anilines is 1. The van der Waals surface area contributed by atoms with Crippen molar-refractivity contribution in [1.29, 1.82) is 0 Å². The number of esters is 1. The zero-order chi connectivity index (χ0) is 23.0. The van der Waals surface area contributed by atoms with Crippen LogP contribution in [0.25, 0.3) is 0 Å². The SMILES string of the molecule is CCOC(=O)c1ccc(N2CCCN(C(=O)c3cccc(OCc4cscn4)c3)CC2)nc1. The fourth-order valence-electron chi connectivity index (χ4n) is 3.63. The van der Waals surface area contributed by atoms with Crippen molar-refractivity contribution in [2.45, 2.75) is 20.0 Å².